The molecule has 1 atom stereocenters. The van der Waals surface area contributed by atoms with Gasteiger partial charge in [-0.25, -0.2) is 4.39 Å². The van der Waals surface area contributed by atoms with Crippen LogP contribution < -0.4 is 4.74 Å². The van der Waals surface area contributed by atoms with Crippen molar-refractivity contribution in [3.63, 3.8) is 0 Å². The zero-order chi connectivity index (χ0) is 12.0. The summed E-state index contributed by atoms with van der Waals surface area (Å²) in [5.74, 6) is -0.287. The average molecular weight is 228 g/mol. The third-order valence-corrected chi connectivity index (χ3v) is 2.25. The van der Waals surface area contributed by atoms with Crippen molar-refractivity contribution in [2.75, 3.05) is 13.2 Å². The first-order valence-electron chi connectivity index (χ1n) is 5.36. The summed E-state index contributed by atoms with van der Waals surface area (Å²) in [6.45, 7) is 2.08. The molecule has 0 saturated carbocycles. The van der Waals surface area contributed by atoms with Gasteiger partial charge in [-0.2, -0.15) is 0 Å². The number of rotatable bonds is 6. The van der Waals surface area contributed by atoms with E-state index < -0.39 is 11.9 Å². The van der Waals surface area contributed by atoms with Crippen LogP contribution in [-0.4, -0.2) is 23.4 Å². The van der Waals surface area contributed by atoms with Gasteiger partial charge in [0.05, 0.1) is 12.7 Å². The molecule has 2 N–H and O–H groups in total. The maximum atomic E-state index is 13.4. The van der Waals surface area contributed by atoms with Crippen LogP contribution in [0, 0.1) is 5.82 Å². The van der Waals surface area contributed by atoms with E-state index in [4.69, 9.17) is 9.84 Å². The normalized spacial score (nSPS) is 12.5. The second-order valence-electron chi connectivity index (χ2n) is 3.65. The van der Waals surface area contributed by atoms with Crippen LogP contribution in [0.4, 0.5) is 4.39 Å². The van der Waals surface area contributed by atoms with Crippen molar-refractivity contribution in [1.82, 2.24) is 0 Å². The third kappa shape index (κ3) is 3.79. The van der Waals surface area contributed by atoms with Gasteiger partial charge in [-0.3, -0.25) is 0 Å². The maximum absolute atomic E-state index is 13.4. The summed E-state index contributed by atoms with van der Waals surface area (Å²) >= 11 is 0. The number of aliphatic hydroxyl groups is 2. The molecule has 0 fully saturated rings. The van der Waals surface area contributed by atoms with E-state index in [1.165, 1.54) is 12.1 Å². The molecule has 0 amide bonds. The largest absolute Gasteiger partial charge is 0.491 e. The second kappa shape index (κ2) is 6.45. The summed E-state index contributed by atoms with van der Waals surface area (Å²) in [7, 11) is 0. The Morgan fingerprint density at radius 3 is 2.69 bits per heavy atom. The van der Waals surface area contributed by atoms with Crippen LogP contribution in [0.2, 0.25) is 0 Å². The topological polar surface area (TPSA) is 49.7 Å². The first kappa shape index (κ1) is 12.9. The van der Waals surface area contributed by atoms with E-state index in [9.17, 15) is 9.50 Å². The van der Waals surface area contributed by atoms with Crippen molar-refractivity contribution in [2.45, 2.75) is 25.9 Å². The zero-order valence-electron chi connectivity index (χ0n) is 9.32. The summed E-state index contributed by atoms with van der Waals surface area (Å²) in [5, 5.41) is 17.8. The summed E-state index contributed by atoms with van der Waals surface area (Å²) in [6, 6.07) is 4.41. The Kier molecular flexibility index (Phi) is 5.22. The van der Waals surface area contributed by atoms with E-state index in [0.29, 0.717) is 25.0 Å². The summed E-state index contributed by atoms with van der Waals surface area (Å²) in [4.78, 5) is 0. The first-order valence-corrected chi connectivity index (χ1v) is 5.36. The number of hydrogen-bond donors (Lipinski definition) is 2. The number of benzene rings is 1. The third-order valence-electron chi connectivity index (χ3n) is 2.25. The fraction of sp³-hybridized carbons (Fsp3) is 0.500. The van der Waals surface area contributed by atoms with Crippen LogP contribution in [0.3, 0.4) is 0 Å². The van der Waals surface area contributed by atoms with Gasteiger partial charge in [0, 0.05) is 6.61 Å². The number of aliphatic hydroxyl groups excluding tert-OH is 2. The standard InChI is InChI=1S/C12H17FO3/c1-9(15)10-4-5-12(11(13)8-10)16-7-3-2-6-14/h4-5,8-9,14-15H,2-3,6-7H2,1H3. The van der Waals surface area contributed by atoms with E-state index in [0.717, 1.165) is 0 Å². The van der Waals surface area contributed by atoms with Crippen LogP contribution in [-0.2, 0) is 0 Å². The van der Waals surface area contributed by atoms with Crippen molar-refractivity contribution >= 4 is 0 Å². The fourth-order valence-corrected chi connectivity index (χ4v) is 1.29. The SMILES string of the molecule is CC(O)c1ccc(OCCCCO)c(F)c1. The lowest BCUT2D eigenvalue weighted by molar-refractivity contribution is 0.198. The van der Waals surface area contributed by atoms with Crippen molar-refractivity contribution in [2.24, 2.45) is 0 Å². The Morgan fingerprint density at radius 2 is 2.12 bits per heavy atom. The lowest BCUT2D eigenvalue weighted by Crippen LogP contribution is -2.01. The van der Waals surface area contributed by atoms with Crippen molar-refractivity contribution in [3.8, 4) is 5.75 Å². The summed E-state index contributed by atoms with van der Waals surface area (Å²) < 4.78 is 18.6. The van der Waals surface area contributed by atoms with E-state index in [1.54, 1.807) is 13.0 Å². The predicted molar refractivity (Wildman–Crippen MR) is 58.8 cm³/mol. The monoisotopic (exact) mass is 228 g/mol. The average Bonchev–Trinajstić information content (AvgIpc) is 2.26. The second-order valence-corrected chi connectivity index (χ2v) is 3.65. The molecular weight excluding hydrogens is 211 g/mol. The van der Waals surface area contributed by atoms with Gasteiger partial charge >= 0.3 is 0 Å². The van der Waals surface area contributed by atoms with Gasteiger partial charge in [-0.05, 0) is 37.5 Å². The van der Waals surface area contributed by atoms with E-state index in [2.05, 4.69) is 0 Å². The molecule has 3 nitrogen and oxygen atoms in total. The highest BCUT2D eigenvalue weighted by Crippen LogP contribution is 2.22. The quantitative estimate of drug-likeness (QED) is 0.732. The van der Waals surface area contributed by atoms with Gasteiger partial charge < -0.3 is 14.9 Å². The van der Waals surface area contributed by atoms with Gasteiger partial charge in [-0.15, -0.1) is 0 Å². The minimum atomic E-state index is -0.682. The molecule has 90 valence electrons. The number of hydrogen-bond acceptors (Lipinski definition) is 3. The Balaban J connectivity index is 2.54. The minimum absolute atomic E-state index is 0.118. The Bertz CT molecular complexity index is 326. The van der Waals surface area contributed by atoms with Crippen LogP contribution >= 0.6 is 0 Å². The van der Waals surface area contributed by atoms with Gasteiger partial charge in [0.15, 0.2) is 11.6 Å². The van der Waals surface area contributed by atoms with Crippen LogP contribution in [0.1, 0.15) is 31.4 Å². The lowest BCUT2D eigenvalue weighted by atomic mass is 10.1. The molecule has 0 aromatic heterocycles. The summed E-state index contributed by atoms with van der Waals surface area (Å²) in [6.07, 6.45) is 0.652. The van der Waals surface area contributed by atoms with E-state index in [1.807, 2.05) is 0 Å². The van der Waals surface area contributed by atoms with Crippen LogP contribution in [0.25, 0.3) is 0 Å². The molecule has 16 heavy (non-hydrogen) atoms. The molecular formula is C12H17FO3. The molecule has 0 aliphatic heterocycles. The van der Waals surface area contributed by atoms with Crippen LogP contribution in [0.15, 0.2) is 18.2 Å². The molecule has 0 aliphatic carbocycles. The molecule has 0 saturated heterocycles. The maximum Gasteiger partial charge on any atom is 0.165 e. The molecule has 1 rings (SSSR count). The van der Waals surface area contributed by atoms with Gasteiger partial charge in [0.2, 0.25) is 0 Å². The highest BCUT2D eigenvalue weighted by molar-refractivity contribution is 5.30. The Hall–Kier alpha value is -1.13. The highest BCUT2D eigenvalue weighted by Gasteiger charge is 2.07. The molecule has 4 heteroatoms. The zero-order valence-corrected chi connectivity index (χ0v) is 9.32. The molecule has 1 unspecified atom stereocenters. The minimum Gasteiger partial charge on any atom is -0.491 e. The number of unbranched alkanes of at least 4 members (excludes halogenated alkanes) is 1. The molecule has 1 aromatic carbocycles. The number of ether oxygens (including phenoxy) is 1. The lowest BCUT2D eigenvalue weighted by Gasteiger charge is -2.09. The van der Waals surface area contributed by atoms with Gasteiger partial charge in [0.1, 0.15) is 0 Å². The molecule has 0 bridgehead atoms. The van der Waals surface area contributed by atoms with Gasteiger partial charge in [0.25, 0.3) is 0 Å². The molecule has 1 aromatic rings. The van der Waals surface area contributed by atoms with Crippen molar-refractivity contribution < 1.29 is 19.3 Å². The van der Waals surface area contributed by atoms with Crippen LogP contribution in [0.5, 0.6) is 5.75 Å². The molecule has 0 spiro atoms. The predicted octanol–water partition coefficient (Wildman–Crippen LogP) is 2.03. The Labute approximate surface area is 94.5 Å². The van der Waals surface area contributed by atoms with Gasteiger partial charge in [-0.1, -0.05) is 6.07 Å². The van der Waals surface area contributed by atoms with E-state index >= 15 is 0 Å². The highest BCUT2D eigenvalue weighted by atomic mass is 19.1. The fourth-order valence-electron chi connectivity index (χ4n) is 1.29. The molecule has 0 radical (unpaired) electrons. The van der Waals surface area contributed by atoms with Crippen molar-refractivity contribution in [1.29, 1.82) is 0 Å². The molecule has 0 aliphatic rings. The smallest absolute Gasteiger partial charge is 0.165 e. The van der Waals surface area contributed by atoms with E-state index in [-0.39, 0.29) is 12.4 Å². The summed E-state index contributed by atoms with van der Waals surface area (Å²) in [5.41, 5.74) is 0.528. The first-order chi connectivity index (χ1) is 7.65. The number of halogens is 1. The molecule has 0 heterocycles. The van der Waals surface area contributed by atoms with Crippen molar-refractivity contribution in [3.05, 3.63) is 29.6 Å². The Morgan fingerprint density at radius 1 is 1.38 bits per heavy atom.